The highest BCUT2D eigenvalue weighted by atomic mass is 16.3. The monoisotopic (exact) mass is 406 g/mol. The summed E-state index contributed by atoms with van der Waals surface area (Å²) in [4.78, 5) is 8.08. The molecule has 1 saturated heterocycles. The molecule has 2 aliphatic rings. The smallest absolute Gasteiger partial charge is 0.214 e. The minimum Gasteiger partial charge on any atom is -0.508 e. The lowest BCUT2D eigenvalue weighted by Gasteiger charge is -2.37. The molecule has 1 aliphatic heterocycles. The number of aromatic hydroxyl groups is 1. The van der Waals surface area contributed by atoms with Crippen LogP contribution in [0.3, 0.4) is 0 Å². The van der Waals surface area contributed by atoms with Crippen LogP contribution in [0.15, 0.2) is 48.8 Å². The Morgan fingerprint density at radius 3 is 2.37 bits per heavy atom. The van der Waals surface area contributed by atoms with E-state index in [1.54, 1.807) is 12.1 Å². The van der Waals surface area contributed by atoms with Crippen LogP contribution in [0.25, 0.3) is 0 Å². The summed E-state index contributed by atoms with van der Waals surface area (Å²) in [6, 6.07) is 12.2. The highest BCUT2D eigenvalue weighted by Crippen LogP contribution is 2.31. The lowest BCUT2D eigenvalue weighted by atomic mass is 10.0. The van der Waals surface area contributed by atoms with Gasteiger partial charge < -0.3 is 14.9 Å². The third-order valence-electron chi connectivity index (χ3n) is 6.52. The summed E-state index contributed by atoms with van der Waals surface area (Å²) in [5.41, 5.74) is 2.37. The van der Waals surface area contributed by atoms with Crippen LogP contribution in [0, 0.1) is 0 Å². The molecule has 30 heavy (non-hydrogen) atoms. The van der Waals surface area contributed by atoms with Crippen LogP contribution >= 0.6 is 0 Å². The van der Waals surface area contributed by atoms with Gasteiger partial charge in [0.2, 0.25) is 5.82 Å². The lowest BCUT2D eigenvalue weighted by molar-refractivity contribution is -0.927. The molecule has 0 unspecified atom stereocenters. The molecule has 2 N–H and O–H groups in total. The van der Waals surface area contributed by atoms with Crippen molar-refractivity contribution >= 4 is 5.69 Å². The number of tetrazole rings is 1. The molecule has 5 rings (SSSR count). The molecule has 1 aromatic carbocycles. The molecular weight excluding hydrogens is 378 g/mol. The van der Waals surface area contributed by atoms with E-state index in [4.69, 9.17) is 0 Å². The summed E-state index contributed by atoms with van der Waals surface area (Å²) in [7, 11) is 0. The number of phenols is 1. The average molecular weight is 407 g/mol. The topological polar surface area (TPSA) is 84.4 Å². The van der Waals surface area contributed by atoms with Gasteiger partial charge in [-0.15, -0.1) is 5.10 Å². The molecule has 8 heteroatoms. The molecule has 0 radical (unpaired) electrons. The number of nitrogens with one attached hydrogen (secondary N) is 1. The SMILES string of the molecule is Oc1ccc(N2CC[NH+]([C@@H](c3ccncc3)c3nnnn3C3CCCC3)CC2)cc1. The maximum atomic E-state index is 9.57. The number of benzene rings is 1. The zero-order valence-corrected chi connectivity index (χ0v) is 17.1. The van der Waals surface area contributed by atoms with E-state index in [0.717, 1.165) is 50.5 Å². The standard InChI is InChI=1S/C22H27N7O/c30-20-7-5-18(6-8-20)27-13-15-28(16-14-27)21(17-9-11-23-12-10-17)22-24-25-26-29(22)19-3-1-2-4-19/h5-12,19,21,30H,1-4,13-16H2/p+1/t21-/m0/s1. The molecule has 2 fully saturated rings. The van der Waals surface area contributed by atoms with Crippen molar-refractivity contribution in [2.24, 2.45) is 0 Å². The van der Waals surface area contributed by atoms with Crippen molar-refractivity contribution in [3.05, 3.63) is 60.2 Å². The molecule has 1 saturated carbocycles. The van der Waals surface area contributed by atoms with Gasteiger partial charge in [0, 0.05) is 23.6 Å². The van der Waals surface area contributed by atoms with Gasteiger partial charge in [-0.3, -0.25) is 4.98 Å². The molecule has 3 heterocycles. The molecule has 8 nitrogen and oxygen atoms in total. The van der Waals surface area contributed by atoms with Gasteiger partial charge in [0.25, 0.3) is 0 Å². The fraction of sp³-hybridized carbons (Fsp3) is 0.455. The summed E-state index contributed by atoms with van der Waals surface area (Å²) in [5.74, 6) is 1.28. The number of piperazine rings is 1. The van der Waals surface area contributed by atoms with Crippen LogP contribution in [0.5, 0.6) is 5.75 Å². The van der Waals surface area contributed by atoms with Crippen LogP contribution in [0.1, 0.15) is 49.2 Å². The summed E-state index contributed by atoms with van der Waals surface area (Å²) >= 11 is 0. The summed E-state index contributed by atoms with van der Waals surface area (Å²) < 4.78 is 2.09. The Labute approximate surface area is 176 Å². The normalized spacial score (nSPS) is 19.3. The first-order valence-corrected chi connectivity index (χ1v) is 10.9. The number of pyridine rings is 1. The highest BCUT2D eigenvalue weighted by molar-refractivity contribution is 5.48. The predicted octanol–water partition coefficient (Wildman–Crippen LogP) is 1.38. The van der Waals surface area contributed by atoms with E-state index >= 15 is 0 Å². The second kappa shape index (κ2) is 8.39. The van der Waals surface area contributed by atoms with Gasteiger partial charge in [-0.05, 0) is 59.7 Å². The van der Waals surface area contributed by atoms with Gasteiger partial charge in [0.1, 0.15) is 5.75 Å². The Morgan fingerprint density at radius 2 is 1.67 bits per heavy atom. The lowest BCUT2D eigenvalue weighted by Crippen LogP contribution is -3.15. The first-order valence-electron chi connectivity index (χ1n) is 10.9. The molecule has 2 aromatic heterocycles. The quantitative estimate of drug-likeness (QED) is 0.666. The zero-order valence-electron chi connectivity index (χ0n) is 17.1. The Balaban J connectivity index is 1.40. The summed E-state index contributed by atoms with van der Waals surface area (Å²) in [5, 5.41) is 22.6. The molecule has 3 aromatic rings. The van der Waals surface area contributed by atoms with Gasteiger partial charge in [-0.25, -0.2) is 4.68 Å². The van der Waals surface area contributed by atoms with E-state index in [-0.39, 0.29) is 6.04 Å². The number of rotatable bonds is 5. The fourth-order valence-corrected chi connectivity index (χ4v) is 4.93. The van der Waals surface area contributed by atoms with E-state index in [0.29, 0.717) is 11.8 Å². The van der Waals surface area contributed by atoms with Crippen molar-refractivity contribution < 1.29 is 10.0 Å². The molecule has 0 bridgehead atoms. The molecule has 0 amide bonds. The third kappa shape index (κ3) is 3.75. The second-order valence-electron chi connectivity index (χ2n) is 8.30. The van der Waals surface area contributed by atoms with Gasteiger partial charge in [-0.2, -0.15) is 0 Å². The number of hydrogen-bond donors (Lipinski definition) is 2. The van der Waals surface area contributed by atoms with Crippen LogP contribution in [0.4, 0.5) is 5.69 Å². The zero-order chi connectivity index (χ0) is 20.3. The Bertz CT molecular complexity index is 945. The van der Waals surface area contributed by atoms with E-state index in [1.165, 1.54) is 23.3 Å². The highest BCUT2D eigenvalue weighted by Gasteiger charge is 2.36. The van der Waals surface area contributed by atoms with Crippen molar-refractivity contribution in [3.63, 3.8) is 0 Å². The van der Waals surface area contributed by atoms with Crippen molar-refractivity contribution in [1.82, 2.24) is 25.2 Å². The van der Waals surface area contributed by atoms with Crippen LogP contribution in [0.2, 0.25) is 0 Å². The number of quaternary nitrogens is 1. The fourth-order valence-electron chi connectivity index (χ4n) is 4.93. The third-order valence-corrected chi connectivity index (χ3v) is 6.52. The molecular formula is C22H28N7O+. The summed E-state index contributed by atoms with van der Waals surface area (Å²) in [6.07, 6.45) is 8.54. The number of nitrogens with zero attached hydrogens (tertiary/aromatic N) is 6. The van der Waals surface area contributed by atoms with Gasteiger partial charge in [-0.1, -0.05) is 12.8 Å². The van der Waals surface area contributed by atoms with Gasteiger partial charge in [0.15, 0.2) is 6.04 Å². The van der Waals surface area contributed by atoms with Gasteiger partial charge >= 0.3 is 0 Å². The number of hydrogen-bond acceptors (Lipinski definition) is 6. The number of aromatic nitrogens is 5. The van der Waals surface area contributed by atoms with Crippen molar-refractivity contribution in [2.45, 2.75) is 37.8 Å². The van der Waals surface area contributed by atoms with Crippen LogP contribution < -0.4 is 9.80 Å². The van der Waals surface area contributed by atoms with Crippen molar-refractivity contribution in [1.29, 1.82) is 0 Å². The molecule has 156 valence electrons. The minimum absolute atomic E-state index is 0.102. The van der Waals surface area contributed by atoms with Crippen LogP contribution in [-0.2, 0) is 0 Å². The molecule has 1 atom stereocenters. The van der Waals surface area contributed by atoms with Crippen molar-refractivity contribution in [3.8, 4) is 5.75 Å². The average Bonchev–Trinajstić information content (AvgIpc) is 3.48. The first-order chi connectivity index (χ1) is 14.8. The predicted molar refractivity (Wildman–Crippen MR) is 112 cm³/mol. The van der Waals surface area contributed by atoms with Crippen molar-refractivity contribution in [2.75, 3.05) is 31.1 Å². The molecule has 1 aliphatic carbocycles. The maximum Gasteiger partial charge on any atom is 0.214 e. The van der Waals surface area contributed by atoms with E-state index in [9.17, 15) is 5.11 Å². The molecule has 0 spiro atoms. The first kappa shape index (κ1) is 19.0. The minimum atomic E-state index is 0.102. The van der Waals surface area contributed by atoms with Crippen LogP contribution in [-0.4, -0.2) is 56.5 Å². The Hall–Kier alpha value is -3.00. The maximum absolute atomic E-state index is 9.57. The van der Waals surface area contributed by atoms with Gasteiger partial charge in [0.05, 0.1) is 32.2 Å². The number of phenolic OH excluding ortho intramolecular Hbond substituents is 1. The van der Waals surface area contributed by atoms with E-state index < -0.39 is 0 Å². The number of anilines is 1. The Morgan fingerprint density at radius 1 is 0.967 bits per heavy atom. The largest absolute Gasteiger partial charge is 0.508 e. The van der Waals surface area contributed by atoms with E-state index in [2.05, 4.69) is 42.2 Å². The summed E-state index contributed by atoms with van der Waals surface area (Å²) in [6.45, 7) is 3.89. The second-order valence-corrected chi connectivity index (χ2v) is 8.30. The Kier molecular flexibility index (Phi) is 5.31. The van der Waals surface area contributed by atoms with E-state index in [1.807, 2.05) is 24.5 Å².